The fourth-order valence-electron chi connectivity index (χ4n) is 5.04. The van der Waals surface area contributed by atoms with Crippen LogP contribution in [-0.4, -0.2) is 20.6 Å². The lowest BCUT2D eigenvalue weighted by molar-refractivity contribution is 0.150. The summed E-state index contributed by atoms with van der Waals surface area (Å²) in [5.41, 5.74) is 8.73. The van der Waals surface area contributed by atoms with Gasteiger partial charge in [0.15, 0.2) is 0 Å². The van der Waals surface area contributed by atoms with Gasteiger partial charge < -0.3 is 5.73 Å². The third-order valence-corrected chi connectivity index (χ3v) is 7.13. The Labute approximate surface area is 176 Å². The fourth-order valence-corrected chi connectivity index (χ4v) is 5.89. The summed E-state index contributed by atoms with van der Waals surface area (Å²) in [4.78, 5) is 11.0. The average molecular weight is 425 g/mol. The molecule has 0 saturated heterocycles. The van der Waals surface area contributed by atoms with E-state index in [9.17, 15) is 13.2 Å². The van der Waals surface area contributed by atoms with E-state index < -0.39 is 27.9 Å². The molecule has 1 unspecified atom stereocenters. The summed E-state index contributed by atoms with van der Waals surface area (Å²) < 4.78 is 31.5. The number of hydrogen-bond donors (Lipinski definition) is 2. The Morgan fingerprint density at radius 2 is 1.73 bits per heavy atom. The molecule has 2 aromatic carbocycles. The van der Waals surface area contributed by atoms with E-state index in [4.69, 9.17) is 9.92 Å². The van der Waals surface area contributed by atoms with Gasteiger partial charge in [0.1, 0.15) is 0 Å². The molecule has 0 aliphatic heterocycles. The van der Waals surface area contributed by atoms with Crippen LogP contribution in [0.25, 0.3) is 11.1 Å². The van der Waals surface area contributed by atoms with E-state index in [1.165, 1.54) is 0 Å². The van der Waals surface area contributed by atoms with E-state index in [1.54, 1.807) is 4.72 Å². The number of nitrogens with two attached hydrogens (primary N) is 1. The second kappa shape index (κ2) is 7.74. The van der Waals surface area contributed by atoms with Crippen molar-refractivity contribution in [3.05, 3.63) is 84.4 Å². The maximum atomic E-state index is 12.2. The molecule has 2 aliphatic carbocycles. The number of benzene rings is 2. The van der Waals surface area contributed by atoms with Gasteiger partial charge in [0.05, 0.1) is 6.10 Å². The summed E-state index contributed by atoms with van der Waals surface area (Å²) in [6, 6.07) is 18.9. The molecule has 7 heteroatoms. The van der Waals surface area contributed by atoms with E-state index in [-0.39, 0.29) is 5.92 Å². The molecule has 0 aromatic heterocycles. The predicted molar refractivity (Wildman–Crippen MR) is 116 cm³/mol. The molecule has 0 spiro atoms. The quantitative estimate of drug-likeness (QED) is 0.735. The molecule has 30 heavy (non-hydrogen) atoms. The summed E-state index contributed by atoms with van der Waals surface area (Å²) in [5, 5.41) is 0. The first-order chi connectivity index (χ1) is 14.3. The number of urea groups is 1. The van der Waals surface area contributed by atoms with Crippen LogP contribution in [0.3, 0.4) is 0 Å². The van der Waals surface area contributed by atoms with Gasteiger partial charge in [-0.05, 0) is 41.5 Å². The van der Waals surface area contributed by atoms with Crippen LogP contribution in [0.15, 0.2) is 73.3 Å². The van der Waals surface area contributed by atoms with Crippen LogP contribution in [0.5, 0.6) is 0 Å². The first-order valence-electron chi connectivity index (χ1n) is 9.85. The third-order valence-electron chi connectivity index (χ3n) is 6.18. The highest BCUT2D eigenvalue weighted by atomic mass is 32.2. The molecule has 3 N–H and O–H groups in total. The van der Waals surface area contributed by atoms with Crippen molar-refractivity contribution in [2.75, 3.05) is 0 Å². The number of amides is 2. The Morgan fingerprint density at radius 1 is 1.10 bits per heavy atom. The van der Waals surface area contributed by atoms with Gasteiger partial charge in [0.25, 0.3) is 0 Å². The summed E-state index contributed by atoms with van der Waals surface area (Å²) in [5.74, 6) is -0.120. The van der Waals surface area contributed by atoms with E-state index >= 15 is 0 Å². The molecule has 0 heterocycles. The van der Waals surface area contributed by atoms with Gasteiger partial charge in [-0.15, -0.1) is 0 Å². The number of hydrogen-bond acceptors (Lipinski definition) is 4. The van der Waals surface area contributed by atoms with Gasteiger partial charge in [-0.25, -0.2) is 13.7 Å². The van der Waals surface area contributed by atoms with Crippen LogP contribution in [0.1, 0.15) is 30.4 Å². The smallest absolute Gasteiger partial charge is 0.351 e. The van der Waals surface area contributed by atoms with Crippen LogP contribution in [0, 0.1) is 11.3 Å². The summed E-state index contributed by atoms with van der Waals surface area (Å²) >= 11 is 0. The molecule has 0 radical (unpaired) electrons. The van der Waals surface area contributed by atoms with Gasteiger partial charge in [0.2, 0.25) is 0 Å². The van der Waals surface area contributed by atoms with Gasteiger partial charge >= 0.3 is 16.3 Å². The molecule has 2 aromatic rings. The number of fused-ring (bicyclic) bond motifs is 1. The minimum absolute atomic E-state index is 0.120. The monoisotopic (exact) mass is 424 g/mol. The first kappa shape index (κ1) is 20.4. The van der Waals surface area contributed by atoms with Crippen LogP contribution in [0.2, 0.25) is 0 Å². The normalized spacial score (nSPS) is 25.4. The molecule has 0 bridgehead atoms. The fraction of sp³-hybridized carbons (Fsp3) is 0.261. The number of primary amides is 1. The Kier molecular flexibility index (Phi) is 5.26. The largest absolute Gasteiger partial charge is 0.363 e. The van der Waals surface area contributed by atoms with E-state index in [1.807, 2.05) is 48.5 Å². The lowest BCUT2D eigenvalue weighted by Crippen LogP contribution is -2.39. The van der Waals surface area contributed by atoms with Gasteiger partial charge in [-0.2, -0.15) is 8.42 Å². The van der Waals surface area contributed by atoms with Gasteiger partial charge in [-0.3, -0.25) is 0 Å². The maximum Gasteiger partial charge on any atom is 0.363 e. The molecule has 1 fully saturated rings. The van der Waals surface area contributed by atoms with Crippen molar-refractivity contribution in [2.45, 2.75) is 25.4 Å². The van der Waals surface area contributed by atoms with Crippen LogP contribution >= 0.6 is 0 Å². The molecular weight excluding hydrogens is 400 g/mol. The second-order valence-electron chi connectivity index (χ2n) is 7.74. The highest BCUT2D eigenvalue weighted by Crippen LogP contribution is 2.64. The molecule has 6 nitrogen and oxygen atoms in total. The van der Waals surface area contributed by atoms with Crippen molar-refractivity contribution in [3.8, 4) is 0 Å². The second-order valence-corrected chi connectivity index (χ2v) is 9.04. The van der Waals surface area contributed by atoms with E-state index in [2.05, 4.69) is 24.8 Å². The molecule has 4 rings (SSSR count). The van der Waals surface area contributed by atoms with Crippen molar-refractivity contribution in [3.63, 3.8) is 0 Å². The van der Waals surface area contributed by atoms with Crippen LogP contribution in [0.4, 0.5) is 4.79 Å². The summed E-state index contributed by atoms with van der Waals surface area (Å²) in [6.07, 6.45) is 3.47. The van der Waals surface area contributed by atoms with Crippen molar-refractivity contribution in [2.24, 2.45) is 17.1 Å². The Balaban J connectivity index is 1.74. The van der Waals surface area contributed by atoms with Crippen LogP contribution < -0.4 is 10.5 Å². The molecule has 2 amide bonds. The molecule has 2 aliphatic rings. The topological polar surface area (TPSA) is 98.5 Å². The number of rotatable bonds is 6. The molecular formula is C23H24N2O4S. The number of carbonyl (C=O) groups excluding carboxylic acids is 1. The Hall–Kier alpha value is -2.90. The zero-order valence-corrected chi connectivity index (χ0v) is 17.3. The molecule has 1 saturated carbocycles. The van der Waals surface area contributed by atoms with Gasteiger partial charge in [0, 0.05) is 11.3 Å². The highest BCUT2D eigenvalue weighted by molar-refractivity contribution is 7.85. The van der Waals surface area contributed by atoms with E-state index in [0.29, 0.717) is 19.3 Å². The van der Waals surface area contributed by atoms with Crippen molar-refractivity contribution in [1.29, 1.82) is 0 Å². The Bertz CT molecular complexity index is 1100. The highest BCUT2D eigenvalue weighted by Gasteiger charge is 2.56. The Morgan fingerprint density at radius 3 is 2.37 bits per heavy atom. The van der Waals surface area contributed by atoms with Crippen molar-refractivity contribution >= 4 is 27.5 Å². The third kappa shape index (κ3) is 3.55. The zero-order valence-electron chi connectivity index (χ0n) is 16.5. The lowest BCUT2D eigenvalue weighted by atomic mass is 9.66. The molecule has 156 valence electrons. The predicted octanol–water partition coefficient (Wildman–Crippen LogP) is 3.88. The number of carbonyl (C=O) groups is 1. The minimum atomic E-state index is -4.28. The van der Waals surface area contributed by atoms with Crippen molar-refractivity contribution < 1.29 is 17.4 Å². The van der Waals surface area contributed by atoms with E-state index in [0.717, 1.165) is 22.3 Å². The lowest BCUT2D eigenvalue weighted by Gasteiger charge is -2.37. The summed E-state index contributed by atoms with van der Waals surface area (Å²) in [6.45, 7) is 4.46. The standard InChI is InChI=1S/C23H24N2O4S/c1-16(17-8-4-2-5-9-17)23-15-14-21(29-30(27,28)25-22(24)26)20(23)13-12-19(23)18-10-6-3-7-11-18/h2-12,20-21H,1,13-15H2,(H3,24,25,26)/t20?,21-,23+/m0/s1. The summed E-state index contributed by atoms with van der Waals surface area (Å²) in [7, 11) is -4.28. The first-order valence-corrected chi connectivity index (χ1v) is 11.3. The van der Waals surface area contributed by atoms with Crippen LogP contribution in [-0.2, 0) is 14.5 Å². The maximum absolute atomic E-state index is 12.2. The SMILES string of the molecule is C=C(c1ccccc1)[C@@]12CC[C@H](OS(=O)(=O)NC(N)=O)C1CC=C2c1ccccc1. The van der Waals surface area contributed by atoms with Crippen molar-refractivity contribution in [1.82, 2.24) is 4.72 Å². The number of nitrogens with one attached hydrogen (secondary N) is 1. The molecule has 3 atom stereocenters. The zero-order chi connectivity index (χ0) is 21.4. The number of allylic oxidation sites excluding steroid dienone is 3. The average Bonchev–Trinajstić information content (AvgIpc) is 3.26. The van der Waals surface area contributed by atoms with Gasteiger partial charge in [-0.1, -0.05) is 73.3 Å². The minimum Gasteiger partial charge on any atom is -0.351 e.